The molecule has 0 bridgehead atoms. The van der Waals surface area contributed by atoms with Gasteiger partial charge in [-0.3, -0.25) is 0 Å². The molecule has 2 heterocycles. The first kappa shape index (κ1) is 11.9. The lowest BCUT2D eigenvalue weighted by Crippen LogP contribution is -1.99. The van der Waals surface area contributed by atoms with Gasteiger partial charge in [-0.2, -0.15) is 9.97 Å². The molecular weight excluding hydrogens is 260 g/mol. The molecular formula is C14H11ClN4. The lowest BCUT2D eigenvalue weighted by atomic mass is 10.2. The smallest absolute Gasteiger partial charge is 0.226 e. The summed E-state index contributed by atoms with van der Waals surface area (Å²) < 4.78 is 0. The molecule has 0 aliphatic rings. The number of fused-ring (bicyclic) bond motifs is 1. The van der Waals surface area contributed by atoms with Crippen molar-refractivity contribution in [3.63, 3.8) is 0 Å². The summed E-state index contributed by atoms with van der Waals surface area (Å²) in [6, 6.07) is 11.8. The summed E-state index contributed by atoms with van der Waals surface area (Å²) in [6.07, 6.45) is 1.68. The maximum Gasteiger partial charge on any atom is 0.226 e. The number of anilines is 2. The lowest BCUT2D eigenvalue weighted by Gasteiger charge is -2.10. The van der Waals surface area contributed by atoms with Gasteiger partial charge in [0, 0.05) is 11.9 Å². The Kier molecular flexibility index (Phi) is 3.01. The van der Waals surface area contributed by atoms with Gasteiger partial charge in [-0.15, -0.1) is 0 Å². The third-order valence-electron chi connectivity index (χ3n) is 2.84. The summed E-state index contributed by atoms with van der Waals surface area (Å²) in [5.74, 6) is 0.664. The maximum absolute atomic E-state index is 5.93. The van der Waals surface area contributed by atoms with Gasteiger partial charge in [-0.25, -0.2) is 4.98 Å². The van der Waals surface area contributed by atoms with Crippen LogP contribution < -0.4 is 5.32 Å². The van der Waals surface area contributed by atoms with Gasteiger partial charge in [-0.1, -0.05) is 18.2 Å². The summed E-state index contributed by atoms with van der Waals surface area (Å²) in [4.78, 5) is 12.5. The predicted octanol–water partition coefficient (Wildman–Crippen LogP) is 3.73. The van der Waals surface area contributed by atoms with E-state index in [1.807, 2.05) is 43.3 Å². The molecule has 3 aromatic rings. The molecule has 0 amide bonds. The van der Waals surface area contributed by atoms with E-state index in [0.717, 1.165) is 16.6 Å². The number of halogens is 1. The molecule has 0 saturated heterocycles. The van der Waals surface area contributed by atoms with Crippen LogP contribution >= 0.6 is 11.6 Å². The molecule has 0 unspecified atom stereocenters. The van der Waals surface area contributed by atoms with Gasteiger partial charge >= 0.3 is 0 Å². The summed E-state index contributed by atoms with van der Waals surface area (Å²) in [6.45, 7) is 2.03. The van der Waals surface area contributed by atoms with E-state index in [0.29, 0.717) is 11.5 Å². The van der Waals surface area contributed by atoms with Crippen LogP contribution in [0.3, 0.4) is 0 Å². The average molecular weight is 271 g/mol. The van der Waals surface area contributed by atoms with Crippen LogP contribution in [0.2, 0.25) is 5.28 Å². The Labute approximate surface area is 115 Å². The van der Waals surface area contributed by atoms with Crippen LogP contribution in [0.25, 0.3) is 11.0 Å². The van der Waals surface area contributed by atoms with Crippen molar-refractivity contribution in [3.8, 4) is 0 Å². The molecule has 3 rings (SSSR count). The minimum absolute atomic E-state index is 0.183. The van der Waals surface area contributed by atoms with Gasteiger partial charge in [0.15, 0.2) is 5.65 Å². The van der Waals surface area contributed by atoms with Gasteiger partial charge < -0.3 is 5.32 Å². The SMILES string of the molecule is Cc1ccccc1Nc1nc(Cl)nc2ncccc12. The first-order chi connectivity index (χ1) is 9.24. The lowest BCUT2D eigenvalue weighted by molar-refractivity contribution is 1.18. The number of benzene rings is 1. The Morgan fingerprint density at radius 3 is 2.74 bits per heavy atom. The van der Waals surface area contributed by atoms with Crippen LogP contribution in [0.5, 0.6) is 0 Å². The molecule has 0 atom stereocenters. The third-order valence-corrected chi connectivity index (χ3v) is 3.01. The van der Waals surface area contributed by atoms with Crippen LogP contribution in [0.1, 0.15) is 5.56 Å². The molecule has 0 saturated carbocycles. The molecule has 94 valence electrons. The number of rotatable bonds is 2. The van der Waals surface area contributed by atoms with E-state index >= 15 is 0 Å². The summed E-state index contributed by atoms with van der Waals surface area (Å²) in [7, 11) is 0. The zero-order valence-electron chi connectivity index (χ0n) is 10.3. The first-order valence-electron chi connectivity index (χ1n) is 5.85. The fraction of sp³-hybridized carbons (Fsp3) is 0.0714. The van der Waals surface area contributed by atoms with Crippen LogP contribution in [0.4, 0.5) is 11.5 Å². The quantitative estimate of drug-likeness (QED) is 0.721. The molecule has 5 heteroatoms. The Balaban J connectivity index is 2.13. The second-order valence-electron chi connectivity index (χ2n) is 4.16. The average Bonchev–Trinajstić information content (AvgIpc) is 2.41. The Hall–Kier alpha value is -2.20. The van der Waals surface area contributed by atoms with Gasteiger partial charge in [0.1, 0.15) is 5.82 Å². The highest BCUT2D eigenvalue weighted by Crippen LogP contribution is 2.25. The zero-order valence-corrected chi connectivity index (χ0v) is 11.0. The molecule has 0 spiro atoms. The van der Waals surface area contributed by atoms with E-state index < -0.39 is 0 Å². The van der Waals surface area contributed by atoms with Crippen LogP contribution in [-0.2, 0) is 0 Å². The van der Waals surface area contributed by atoms with E-state index in [9.17, 15) is 0 Å². The number of nitrogens with one attached hydrogen (secondary N) is 1. The fourth-order valence-corrected chi connectivity index (χ4v) is 2.04. The van der Waals surface area contributed by atoms with E-state index in [4.69, 9.17) is 11.6 Å². The van der Waals surface area contributed by atoms with Crippen LogP contribution in [-0.4, -0.2) is 15.0 Å². The van der Waals surface area contributed by atoms with Crippen molar-refractivity contribution in [1.82, 2.24) is 15.0 Å². The number of hydrogen-bond donors (Lipinski definition) is 1. The highest BCUT2D eigenvalue weighted by atomic mass is 35.5. The predicted molar refractivity (Wildman–Crippen MR) is 76.8 cm³/mol. The van der Waals surface area contributed by atoms with E-state index in [-0.39, 0.29) is 5.28 Å². The van der Waals surface area contributed by atoms with Gasteiger partial charge in [0.2, 0.25) is 5.28 Å². The standard InChI is InChI=1S/C14H11ClN4/c1-9-5-2-3-7-11(9)17-13-10-6-4-8-16-12(10)18-14(15)19-13/h2-8H,1H3,(H,16,17,18,19). The Morgan fingerprint density at radius 1 is 1.05 bits per heavy atom. The summed E-state index contributed by atoms with van der Waals surface area (Å²) in [5.41, 5.74) is 2.70. The Morgan fingerprint density at radius 2 is 1.89 bits per heavy atom. The summed E-state index contributed by atoms with van der Waals surface area (Å²) >= 11 is 5.93. The number of hydrogen-bond acceptors (Lipinski definition) is 4. The monoisotopic (exact) mass is 270 g/mol. The molecule has 1 aromatic carbocycles. The zero-order chi connectivity index (χ0) is 13.2. The number of aryl methyl sites for hydroxylation is 1. The fourth-order valence-electron chi connectivity index (χ4n) is 1.87. The minimum Gasteiger partial charge on any atom is -0.339 e. The number of nitrogens with zero attached hydrogens (tertiary/aromatic N) is 3. The highest BCUT2D eigenvalue weighted by molar-refractivity contribution is 6.28. The van der Waals surface area contributed by atoms with E-state index in [1.165, 1.54) is 0 Å². The molecule has 0 radical (unpaired) electrons. The molecule has 4 nitrogen and oxygen atoms in total. The van der Waals surface area contributed by atoms with Crippen molar-refractivity contribution in [2.75, 3.05) is 5.32 Å². The van der Waals surface area contributed by atoms with Crippen molar-refractivity contribution in [2.45, 2.75) is 6.92 Å². The van der Waals surface area contributed by atoms with Crippen molar-refractivity contribution in [1.29, 1.82) is 0 Å². The van der Waals surface area contributed by atoms with Crippen LogP contribution in [0, 0.1) is 6.92 Å². The van der Waals surface area contributed by atoms with Gasteiger partial charge in [-0.05, 0) is 42.3 Å². The van der Waals surface area contributed by atoms with Gasteiger partial charge in [0.05, 0.1) is 5.39 Å². The molecule has 0 aliphatic carbocycles. The maximum atomic E-state index is 5.93. The molecule has 1 N–H and O–H groups in total. The van der Waals surface area contributed by atoms with Crippen molar-refractivity contribution in [2.24, 2.45) is 0 Å². The van der Waals surface area contributed by atoms with E-state index in [1.54, 1.807) is 6.20 Å². The third kappa shape index (κ3) is 2.35. The number of aromatic nitrogens is 3. The highest BCUT2D eigenvalue weighted by Gasteiger charge is 2.08. The molecule has 0 aliphatic heterocycles. The largest absolute Gasteiger partial charge is 0.339 e. The summed E-state index contributed by atoms with van der Waals surface area (Å²) in [5, 5.41) is 4.31. The van der Waals surface area contributed by atoms with Gasteiger partial charge in [0.25, 0.3) is 0 Å². The van der Waals surface area contributed by atoms with E-state index in [2.05, 4.69) is 20.3 Å². The number of para-hydroxylation sites is 1. The van der Waals surface area contributed by atoms with Crippen LogP contribution in [0.15, 0.2) is 42.6 Å². The second-order valence-corrected chi connectivity index (χ2v) is 4.49. The number of pyridine rings is 1. The Bertz CT molecular complexity index is 742. The first-order valence-corrected chi connectivity index (χ1v) is 6.23. The normalized spacial score (nSPS) is 10.6. The molecule has 2 aromatic heterocycles. The molecule has 19 heavy (non-hydrogen) atoms. The molecule has 0 fully saturated rings. The van der Waals surface area contributed by atoms with Crippen molar-refractivity contribution >= 4 is 34.1 Å². The van der Waals surface area contributed by atoms with Crippen molar-refractivity contribution in [3.05, 3.63) is 53.4 Å². The second kappa shape index (κ2) is 4.82. The topological polar surface area (TPSA) is 50.7 Å². The van der Waals surface area contributed by atoms with Crippen molar-refractivity contribution < 1.29 is 0 Å². The minimum atomic E-state index is 0.183.